The third-order valence-electron chi connectivity index (χ3n) is 4.47. The highest BCUT2D eigenvalue weighted by molar-refractivity contribution is 7.21. The van der Waals surface area contributed by atoms with Gasteiger partial charge in [-0.05, 0) is 36.8 Å². The van der Waals surface area contributed by atoms with E-state index in [1.54, 1.807) is 16.2 Å². The molecule has 0 saturated heterocycles. The number of amides is 1. The molecule has 0 aliphatic heterocycles. The Hall–Kier alpha value is -2.21. The summed E-state index contributed by atoms with van der Waals surface area (Å²) in [6, 6.07) is 8.14. The second-order valence-corrected chi connectivity index (χ2v) is 7.40. The van der Waals surface area contributed by atoms with Gasteiger partial charge in [0.05, 0.1) is 4.88 Å². The number of hydrogen-bond donors (Lipinski definition) is 0. The third kappa shape index (κ3) is 2.82. The predicted octanol–water partition coefficient (Wildman–Crippen LogP) is 3.78. The smallest absolute Gasteiger partial charge is 0.263 e. The van der Waals surface area contributed by atoms with Crippen LogP contribution < -0.4 is 0 Å². The lowest BCUT2D eigenvalue weighted by atomic mass is 10.1. The molecule has 2 heterocycles. The van der Waals surface area contributed by atoms with Gasteiger partial charge in [-0.25, -0.2) is 0 Å². The lowest BCUT2D eigenvalue weighted by molar-refractivity contribution is 0.0800. The van der Waals surface area contributed by atoms with Crippen LogP contribution in [-0.4, -0.2) is 34.5 Å². The number of carbonyl (C=O) groups excluding carboxylic acids is 1. The van der Waals surface area contributed by atoms with Gasteiger partial charge in [0.15, 0.2) is 5.82 Å². The minimum Gasteiger partial charge on any atom is -0.341 e. The summed E-state index contributed by atoms with van der Waals surface area (Å²) in [5, 5.41) is 5.17. The molecule has 2 aromatic heterocycles. The normalized spacial score (nSPS) is 14.2. The summed E-state index contributed by atoms with van der Waals surface area (Å²) in [6.07, 6.45) is 2.90. The predicted molar refractivity (Wildman–Crippen MR) is 93.5 cm³/mol. The maximum absolute atomic E-state index is 12.8. The van der Waals surface area contributed by atoms with Crippen LogP contribution in [0.4, 0.5) is 0 Å². The zero-order chi connectivity index (χ0) is 16.7. The number of rotatable bonds is 5. The first-order valence-corrected chi connectivity index (χ1v) is 9.01. The number of carbonyl (C=O) groups is 1. The van der Waals surface area contributed by atoms with Crippen molar-refractivity contribution in [2.75, 3.05) is 13.6 Å². The first-order valence-electron chi connectivity index (χ1n) is 8.19. The monoisotopic (exact) mass is 341 g/mol. The number of likely N-dealkylation sites (N-methyl/N-ethyl adjacent to an activating group) is 1. The van der Waals surface area contributed by atoms with Gasteiger partial charge in [0, 0.05) is 30.6 Å². The Kier molecular flexibility index (Phi) is 3.84. The average Bonchev–Trinajstić information content (AvgIpc) is 3.25. The van der Waals surface area contributed by atoms with Crippen LogP contribution in [0.5, 0.6) is 0 Å². The van der Waals surface area contributed by atoms with Gasteiger partial charge in [0.2, 0.25) is 5.89 Å². The number of thiophene rings is 1. The van der Waals surface area contributed by atoms with Crippen LogP contribution in [0.3, 0.4) is 0 Å². The Morgan fingerprint density at radius 2 is 2.17 bits per heavy atom. The van der Waals surface area contributed by atoms with Crippen LogP contribution >= 0.6 is 11.3 Å². The molecule has 0 N–H and O–H groups in total. The minimum absolute atomic E-state index is 0.0552. The van der Waals surface area contributed by atoms with Crippen molar-refractivity contribution < 1.29 is 9.32 Å². The molecule has 1 aliphatic rings. The van der Waals surface area contributed by atoms with Gasteiger partial charge in [-0.2, -0.15) is 4.98 Å². The quantitative estimate of drug-likeness (QED) is 0.708. The van der Waals surface area contributed by atoms with Crippen LogP contribution in [0.1, 0.15) is 45.7 Å². The SMILES string of the molecule is Cc1c(C(=O)N(C)CCc2noc(C3CC3)n2)sc2ccccc12. The van der Waals surface area contributed by atoms with Gasteiger partial charge in [-0.1, -0.05) is 23.4 Å². The van der Waals surface area contributed by atoms with Gasteiger partial charge >= 0.3 is 0 Å². The molecule has 1 amide bonds. The lowest BCUT2D eigenvalue weighted by Crippen LogP contribution is -2.28. The Bertz CT molecular complexity index is 895. The van der Waals surface area contributed by atoms with Crippen molar-refractivity contribution in [3.05, 3.63) is 46.4 Å². The van der Waals surface area contributed by atoms with Crippen molar-refractivity contribution in [3.63, 3.8) is 0 Å². The van der Waals surface area contributed by atoms with Crippen molar-refractivity contribution in [1.82, 2.24) is 15.0 Å². The molecule has 4 rings (SSSR count). The molecule has 0 unspecified atom stereocenters. The minimum atomic E-state index is 0.0552. The Morgan fingerprint density at radius 3 is 2.92 bits per heavy atom. The first-order chi connectivity index (χ1) is 11.6. The highest BCUT2D eigenvalue weighted by Crippen LogP contribution is 2.38. The van der Waals surface area contributed by atoms with E-state index in [0.717, 1.165) is 39.3 Å². The lowest BCUT2D eigenvalue weighted by Gasteiger charge is -2.15. The molecule has 1 aliphatic carbocycles. The fourth-order valence-corrected chi connectivity index (χ4v) is 3.99. The van der Waals surface area contributed by atoms with E-state index in [1.165, 1.54) is 0 Å². The molecule has 3 aromatic rings. The zero-order valence-corrected chi connectivity index (χ0v) is 14.6. The van der Waals surface area contributed by atoms with Crippen molar-refractivity contribution >= 4 is 27.3 Å². The summed E-state index contributed by atoms with van der Waals surface area (Å²) in [4.78, 5) is 19.7. The number of benzene rings is 1. The van der Waals surface area contributed by atoms with Crippen LogP contribution in [0.2, 0.25) is 0 Å². The summed E-state index contributed by atoms with van der Waals surface area (Å²) < 4.78 is 6.41. The Morgan fingerprint density at radius 1 is 1.38 bits per heavy atom. The summed E-state index contributed by atoms with van der Waals surface area (Å²) in [6.45, 7) is 2.59. The first kappa shape index (κ1) is 15.3. The van der Waals surface area contributed by atoms with E-state index in [-0.39, 0.29) is 5.91 Å². The second kappa shape index (κ2) is 6.02. The number of nitrogens with zero attached hydrogens (tertiary/aromatic N) is 3. The van der Waals surface area contributed by atoms with Gasteiger partial charge in [0.1, 0.15) is 0 Å². The fraction of sp³-hybridized carbons (Fsp3) is 0.389. The van der Waals surface area contributed by atoms with E-state index < -0.39 is 0 Å². The Labute approximate surface area is 144 Å². The zero-order valence-electron chi connectivity index (χ0n) is 13.8. The van der Waals surface area contributed by atoms with Crippen molar-refractivity contribution in [1.29, 1.82) is 0 Å². The average molecular weight is 341 g/mol. The largest absolute Gasteiger partial charge is 0.341 e. The molecule has 1 fully saturated rings. The highest BCUT2D eigenvalue weighted by atomic mass is 32.1. The highest BCUT2D eigenvalue weighted by Gasteiger charge is 2.29. The summed E-state index contributed by atoms with van der Waals surface area (Å²) in [5.74, 6) is 1.95. The van der Waals surface area contributed by atoms with Crippen LogP contribution in [0.25, 0.3) is 10.1 Å². The molecule has 0 bridgehead atoms. The van der Waals surface area contributed by atoms with Gasteiger partial charge in [0.25, 0.3) is 5.91 Å². The summed E-state index contributed by atoms with van der Waals surface area (Å²) in [7, 11) is 1.83. The molecule has 5 nitrogen and oxygen atoms in total. The second-order valence-electron chi connectivity index (χ2n) is 6.35. The van der Waals surface area contributed by atoms with Crippen LogP contribution in [-0.2, 0) is 6.42 Å². The van der Waals surface area contributed by atoms with Crippen molar-refractivity contribution in [2.45, 2.75) is 32.1 Å². The Balaban J connectivity index is 1.45. The van der Waals surface area contributed by atoms with Gasteiger partial charge in [-0.15, -0.1) is 11.3 Å². The fourth-order valence-electron chi connectivity index (χ4n) is 2.79. The number of hydrogen-bond acceptors (Lipinski definition) is 5. The maximum Gasteiger partial charge on any atom is 0.263 e. The molecule has 0 spiro atoms. The van der Waals surface area contributed by atoms with Crippen molar-refractivity contribution in [3.8, 4) is 0 Å². The molecule has 24 heavy (non-hydrogen) atoms. The topological polar surface area (TPSA) is 59.2 Å². The maximum atomic E-state index is 12.8. The molecular weight excluding hydrogens is 322 g/mol. The van der Waals surface area contributed by atoms with Crippen molar-refractivity contribution in [2.24, 2.45) is 0 Å². The molecular formula is C18H19N3O2S. The van der Waals surface area contributed by atoms with Crippen LogP contribution in [0, 0.1) is 6.92 Å². The molecule has 1 aromatic carbocycles. The van der Waals surface area contributed by atoms with Gasteiger partial charge < -0.3 is 9.42 Å². The molecule has 6 heteroatoms. The number of aromatic nitrogens is 2. The standard InChI is InChI=1S/C18H19N3O2S/c1-11-13-5-3-4-6-14(13)24-16(11)18(22)21(2)10-9-15-19-17(23-20-15)12-7-8-12/h3-6,12H,7-10H2,1-2H3. The van der Waals surface area contributed by atoms with E-state index in [2.05, 4.69) is 22.3 Å². The van der Waals surface area contributed by atoms with E-state index in [4.69, 9.17) is 4.52 Å². The third-order valence-corrected chi connectivity index (χ3v) is 5.73. The van der Waals surface area contributed by atoms with Crippen LogP contribution in [0.15, 0.2) is 28.8 Å². The molecule has 1 saturated carbocycles. The molecule has 0 radical (unpaired) electrons. The molecule has 0 atom stereocenters. The summed E-state index contributed by atoms with van der Waals surface area (Å²) >= 11 is 1.56. The van der Waals surface area contributed by atoms with E-state index in [0.29, 0.717) is 24.7 Å². The van der Waals surface area contributed by atoms with E-state index in [1.807, 2.05) is 26.1 Å². The number of aryl methyl sites for hydroxylation is 1. The molecule has 124 valence electrons. The number of fused-ring (bicyclic) bond motifs is 1. The van der Waals surface area contributed by atoms with E-state index in [9.17, 15) is 4.79 Å². The van der Waals surface area contributed by atoms with Gasteiger partial charge in [-0.3, -0.25) is 4.79 Å². The van der Waals surface area contributed by atoms with E-state index >= 15 is 0 Å². The summed E-state index contributed by atoms with van der Waals surface area (Å²) in [5.41, 5.74) is 1.06.